The molecule has 2 heterocycles. The Balaban J connectivity index is 1.60. The Hall–Kier alpha value is -2.61. The van der Waals surface area contributed by atoms with E-state index in [1.54, 1.807) is 14.2 Å². The average Bonchev–Trinajstić information content (AvgIpc) is 3.15. The number of methoxy groups -OCH3 is 2. The smallest absolute Gasteiger partial charge is 0.407 e. The number of amides is 1. The average molecular weight is 360 g/mol. The van der Waals surface area contributed by atoms with Gasteiger partial charge in [0.05, 0.1) is 25.5 Å². The third-order valence-electron chi connectivity index (χ3n) is 4.86. The first-order valence-electron chi connectivity index (χ1n) is 8.64. The third kappa shape index (κ3) is 4.13. The second-order valence-corrected chi connectivity index (χ2v) is 6.40. The van der Waals surface area contributed by atoms with Crippen LogP contribution in [-0.2, 0) is 17.7 Å². The number of carbonyl (C=O) groups is 1. The molecule has 0 spiro atoms. The van der Waals surface area contributed by atoms with Crippen molar-refractivity contribution in [2.45, 2.75) is 31.4 Å². The number of aryl methyl sites for hydroxylation is 2. The van der Waals surface area contributed by atoms with Gasteiger partial charge in [0.1, 0.15) is 5.75 Å². The number of hydrogen-bond donors (Lipinski definition) is 1. The summed E-state index contributed by atoms with van der Waals surface area (Å²) in [6, 6.07) is 7.97. The summed E-state index contributed by atoms with van der Waals surface area (Å²) in [6.07, 6.45) is 2.36. The van der Waals surface area contributed by atoms with Crippen LogP contribution in [0.5, 0.6) is 5.75 Å². The Kier molecular flexibility index (Phi) is 5.72. The molecule has 0 unspecified atom stereocenters. The number of rotatable bonds is 6. The van der Waals surface area contributed by atoms with Gasteiger partial charge in [0, 0.05) is 32.3 Å². The highest BCUT2D eigenvalue weighted by molar-refractivity contribution is 5.65. The van der Waals surface area contributed by atoms with Crippen molar-refractivity contribution in [3.05, 3.63) is 41.7 Å². The van der Waals surface area contributed by atoms with Crippen molar-refractivity contribution in [2.75, 3.05) is 27.3 Å². The van der Waals surface area contributed by atoms with E-state index in [0.717, 1.165) is 24.4 Å². The fourth-order valence-corrected chi connectivity index (χ4v) is 3.30. The molecule has 8 heteroatoms. The molecule has 1 aromatic heterocycles. The van der Waals surface area contributed by atoms with E-state index >= 15 is 0 Å². The van der Waals surface area contributed by atoms with Gasteiger partial charge in [-0.25, -0.2) is 4.79 Å². The first kappa shape index (κ1) is 18.2. The summed E-state index contributed by atoms with van der Waals surface area (Å²) >= 11 is 0. The van der Waals surface area contributed by atoms with Crippen LogP contribution in [0, 0.1) is 0 Å². The van der Waals surface area contributed by atoms with E-state index in [0.29, 0.717) is 19.5 Å². The first-order chi connectivity index (χ1) is 12.6. The molecule has 1 saturated heterocycles. The molecular weight excluding hydrogens is 336 g/mol. The van der Waals surface area contributed by atoms with E-state index in [1.165, 1.54) is 10.5 Å². The van der Waals surface area contributed by atoms with Gasteiger partial charge in [-0.15, -0.1) is 5.10 Å². The van der Waals surface area contributed by atoms with Crippen LogP contribution in [0.15, 0.2) is 30.5 Å². The second kappa shape index (κ2) is 8.18. The summed E-state index contributed by atoms with van der Waals surface area (Å²) in [6.45, 7) is 1.57. The number of aromatic nitrogens is 3. The Labute approximate surface area is 152 Å². The zero-order valence-corrected chi connectivity index (χ0v) is 15.0. The molecule has 1 aromatic carbocycles. The number of piperidine rings is 1. The number of hydrogen-bond acceptors (Lipinski definition) is 5. The number of nitrogens with zero attached hydrogens (tertiary/aromatic N) is 4. The van der Waals surface area contributed by atoms with Gasteiger partial charge < -0.3 is 19.5 Å². The van der Waals surface area contributed by atoms with Crippen LogP contribution in [0.4, 0.5) is 4.79 Å². The van der Waals surface area contributed by atoms with E-state index in [-0.39, 0.29) is 12.0 Å². The lowest BCUT2D eigenvalue weighted by molar-refractivity contribution is 0.0167. The summed E-state index contributed by atoms with van der Waals surface area (Å²) in [7, 11) is 3.26. The van der Waals surface area contributed by atoms with Gasteiger partial charge in [-0.05, 0) is 30.5 Å². The minimum Gasteiger partial charge on any atom is -0.497 e. The van der Waals surface area contributed by atoms with Crippen LogP contribution in [0.1, 0.15) is 23.6 Å². The molecule has 3 rings (SSSR count). The SMILES string of the molecule is COc1ccc(CCn2cc([C@H]3CCN(C(=O)O)C[C@@H]3OC)nn2)cc1. The highest BCUT2D eigenvalue weighted by Crippen LogP contribution is 2.28. The molecule has 2 atom stereocenters. The fraction of sp³-hybridized carbons (Fsp3) is 0.500. The molecule has 0 aliphatic carbocycles. The monoisotopic (exact) mass is 360 g/mol. The van der Waals surface area contributed by atoms with Crippen molar-refractivity contribution in [2.24, 2.45) is 0 Å². The van der Waals surface area contributed by atoms with Crippen molar-refractivity contribution in [3.8, 4) is 5.75 Å². The Morgan fingerprint density at radius 2 is 2.08 bits per heavy atom. The summed E-state index contributed by atoms with van der Waals surface area (Å²) < 4.78 is 12.5. The standard InChI is InChI=1S/C18H24N4O4/c1-25-14-5-3-13(4-6-14)7-10-22-11-16(19-20-22)15-8-9-21(18(23)24)12-17(15)26-2/h3-6,11,15,17H,7-10,12H2,1-2H3,(H,23,24)/t15-,17+/m1/s1. The van der Waals surface area contributed by atoms with Crippen LogP contribution < -0.4 is 4.74 Å². The quantitative estimate of drug-likeness (QED) is 0.848. The van der Waals surface area contributed by atoms with Crippen LogP contribution in [-0.4, -0.2) is 64.5 Å². The van der Waals surface area contributed by atoms with Crippen molar-refractivity contribution in [1.82, 2.24) is 19.9 Å². The molecule has 1 aliphatic rings. The van der Waals surface area contributed by atoms with Gasteiger partial charge in [-0.2, -0.15) is 0 Å². The van der Waals surface area contributed by atoms with E-state index in [1.807, 2.05) is 35.1 Å². The van der Waals surface area contributed by atoms with Gasteiger partial charge in [0.15, 0.2) is 0 Å². The van der Waals surface area contributed by atoms with Crippen molar-refractivity contribution >= 4 is 6.09 Å². The van der Waals surface area contributed by atoms with Crippen molar-refractivity contribution < 1.29 is 19.4 Å². The van der Waals surface area contributed by atoms with Gasteiger partial charge in [-0.3, -0.25) is 4.68 Å². The second-order valence-electron chi connectivity index (χ2n) is 6.40. The number of benzene rings is 1. The molecule has 8 nitrogen and oxygen atoms in total. The van der Waals surface area contributed by atoms with Gasteiger partial charge >= 0.3 is 6.09 Å². The van der Waals surface area contributed by atoms with Crippen LogP contribution in [0.3, 0.4) is 0 Å². The number of ether oxygens (including phenoxy) is 2. The van der Waals surface area contributed by atoms with Crippen LogP contribution in [0.25, 0.3) is 0 Å². The van der Waals surface area contributed by atoms with Gasteiger partial charge in [-0.1, -0.05) is 17.3 Å². The Morgan fingerprint density at radius 1 is 1.31 bits per heavy atom. The predicted molar refractivity (Wildman–Crippen MR) is 94.5 cm³/mol. The lowest BCUT2D eigenvalue weighted by atomic mass is 9.91. The maximum absolute atomic E-state index is 11.2. The van der Waals surface area contributed by atoms with Crippen LogP contribution >= 0.6 is 0 Å². The number of likely N-dealkylation sites (tertiary alicyclic amines) is 1. The molecule has 0 saturated carbocycles. The normalized spacial score (nSPS) is 20.2. The van der Waals surface area contributed by atoms with Crippen LogP contribution in [0.2, 0.25) is 0 Å². The molecule has 1 N–H and O–H groups in total. The molecule has 1 amide bonds. The minimum absolute atomic E-state index is 0.0605. The summed E-state index contributed by atoms with van der Waals surface area (Å²) in [5.41, 5.74) is 2.06. The largest absolute Gasteiger partial charge is 0.497 e. The van der Waals surface area contributed by atoms with Crippen molar-refractivity contribution in [1.29, 1.82) is 0 Å². The van der Waals surface area contributed by atoms with Gasteiger partial charge in [0.2, 0.25) is 0 Å². The molecule has 1 fully saturated rings. The zero-order valence-electron chi connectivity index (χ0n) is 15.0. The summed E-state index contributed by atoms with van der Waals surface area (Å²) in [4.78, 5) is 12.5. The Bertz CT molecular complexity index is 731. The van der Waals surface area contributed by atoms with E-state index in [2.05, 4.69) is 10.3 Å². The molecule has 26 heavy (non-hydrogen) atoms. The lowest BCUT2D eigenvalue weighted by Gasteiger charge is -2.35. The molecule has 140 valence electrons. The molecular formula is C18H24N4O4. The maximum Gasteiger partial charge on any atom is 0.407 e. The van der Waals surface area contributed by atoms with Crippen molar-refractivity contribution in [3.63, 3.8) is 0 Å². The highest BCUT2D eigenvalue weighted by atomic mass is 16.5. The molecule has 0 bridgehead atoms. The lowest BCUT2D eigenvalue weighted by Crippen LogP contribution is -2.46. The van der Waals surface area contributed by atoms with Gasteiger partial charge in [0.25, 0.3) is 0 Å². The zero-order chi connectivity index (χ0) is 18.5. The first-order valence-corrected chi connectivity index (χ1v) is 8.64. The third-order valence-corrected chi connectivity index (χ3v) is 4.86. The highest BCUT2D eigenvalue weighted by Gasteiger charge is 2.34. The number of carboxylic acid groups (broad SMARTS) is 1. The minimum atomic E-state index is -0.909. The maximum atomic E-state index is 11.2. The summed E-state index contributed by atoms with van der Waals surface area (Å²) in [5.74, 6) is 0.903. The summed E-state index contributed by atoms with van der Waals surface area (Å²) in [5, 5.41) is 17.7. The van der Waals surface area contributed by atoms with E-state index < -0.39 is 6.09 Å². The molecule has 0 radical (unpaired) electrons. The topological polar surface area (TPSA) is 89.7 Å². The molecule has 1 aliphatic heterocycles. The van der Waals surface area contributed by atoms with E-state index in [9.17, 15) is 4.79 Å². The Morgan fingerprint density at radius 3 is 2.73 bits per heavy atom. The fourth-order valence-electron chi connectivity index (χ4n) is 3.30. The molecule has 2 aromatic rings. The van der Waals surface area contributed by atoms with E-state index in [4.69, 9.17) is 14.6 Å². The predicted octanol–water partition coefficient (Wildman–Crippen LogP) is 2.01.